The molecule has 2 fully saturated rings. The third-order valence-electron chi connectivity index (χ3n) is 7.45. The number of hydrogen-bond acceptors (Lipinski definition) is 3. The second-order valence-corrected chi connectivity index (χ2v) is 9.71. The Labute approximate surface area is 184 Å². The molecule has 2 heterocycles. The number of ether oxygens (including phenoxy) is 2. The Hall–Kier alpha value is -1.39. The largest absolute Gasteiger partial charge is 0.393 e. The van der Waals surface area contributed by atoms with E-state index in [2.05, 4.69) is 37.3 Å². The zero-order valence-electron chi connectivity index (χ0n) is 17.9. The molecule has 1 saturated carbocycles. The number of benzene rings is 2. The summed E-state index contributed by atoms with van der Waals surface area (Å²) in [4.78, 5) is 0. The lowest BCUT2D eigenvalue weighted by Crippen LogP contribution is -2.55. The lowest BCUT2D eigenvalue weighted by molar-refractivity contribution is -0.340. The number of hydrogen-bond donors (Lipinski definition) is 1. The monoisotopic (exact) mass is 426 g/mol. The second kappa shape index (κ2) is 7.94. The van der Waals surface area contributed by atoms with Crippen molar-refractivity contribution in [1.82, 2.24) is 0 Å². The Bertz CT molecular complexity index is 921. The molecule has 160 valence electrons. The molecule has 4 unspecified atom stereocenters. The topological polar surface area (TPSA) is 38.7 Å². The van der Waals surface area contributed by atoms with E-state index in [-0.39, 0.29) is 12.0 Å². The van der Waals surface area contributed by atoms with Crippen LogP contribution in [0.15, 0.2) is 36.4 Å². The van der Waals surface area contributed by atoms with Gasteiger partial charge in [-0.15, -0.1) is 0 Å². The van der Waals surface area contributed by atoms with Gasteiger partial charge in [-0.1, -0.05) is 55.3 Å². The molecule has 3 aliphatic rings. The van der Waals surface area contributed by atoms with Crippen LogP contribution in [0.25, 0.3) is 0 Å². The summed E-state index contributed by atoms with van der Waals surface area (Å²) in [5.74, 6) is -0.399. The highest BCUT2D eigenvalue weighted by atomic mass is 35.5. The highest BCUT2D eigenvalue weighted by Gasteiger charge is 2.58. The van der Waals surface area contributed by atoms with Crippen molar-refractivity contribution in [1.29, 1.82) is 0 Å². The fraction of sp³-hybridized carbons (Fsp3) is 0.538. The number of rotatable bonds is 4. The van der Waals surface area contributed by atoms with Gasteiger partial charge in [0, 0.05) is 16.5 Å². The Morgan fingerprint density at radius 1 is 1.10 bits per heavy atom. The van der Waals surface area contributed by atoms with Gasteiger partial charge in [0.1, 0.15) is 0 Å². The van der Waals surface area contributed by atoms with Crippen LogP contribution in [-0.4, -0.2) is 17.3 Å². The molecule has 2 aromatic rings. The van der Waals surface area contributed by atoms with Gasteiger partial charge in [-0.3, -0.25) is 0 Å². The average molecular weight is 427 g/mol. The molecule has 1 spiro atoms. The van der Waals surface area contributed by atoms with Crippen molar-refractivity contribution in [2.24, 2.45) is 11.8 Å². The fourth-order valence-electron chi connectivity index (χ4n) is 5.66. The minimum Gasteiger partial charge on any atom is -0.393 e. The molecular formula is C26H31ClO3. The van der Waals surface area contributed by atoms with Gasteiger partial charge in [0.05, 0.1) is 18.8 Å². The molecule has 1 aliphatic carbocycles. The molecule has 4 atom stereocenters. The normalized spacial score (nSPS) is 31.0. The quantitative estimate of drug-likeness (QED) is 0.675. The highest BCUT2D eigenvalue weighted by molar-refractivity contribution is 6.31. The zero-order valence-corrected chi connectivity index (χ0v) is 18.6. The molecule has 2 aliphatic heterocycles. The van der Waals surface area contributed by atoms with E-state index in [0.29, 0.717) is 18.9 Å². The Kier molecular flexibility index (Phi) is 5.43. The van der Waals surface area contributed by atoms with Crippen LogP contribution in [0.2, 0.25) is 5.02 Å². The average Bonchev–Trinajstić information content (AvgIpc) is 3.04. The first-order chi connectivity index (χ1) is 14.5. The van der Waals surface area contributed by atoms with E-state index in [1.807, 2.05) is 13.0 Å². The standard InChI is InChI=1S/C26H31ClO3/c1-3-17-7-9-18(10-8-17)14-20-21-15-29-26(22(21)11-12-23(20)27)25(19-5-4-6-19)24(28)13-16(2)30-26/h7-12,16,19,24-25,28H,3-6,13-15H2,1-2H3. The van der Waals surface area contributed by atoms with E-state index >= 15 is 0 Å². The minimum absolute atomic E-state index is 0.0124. The van der Waals surface area contributed by atoms with Crippen LogP contribution in [0, 0.1) is 11.8 Å². The van der Waals surface area contributed by atoms with Crippen molar-refractivity contribution in [3.05, 3.63) is 69.2 Å². The molecule has 0 radical (unpaired) electrons. The third-order valence-corrected chi connectivity index (χ3v) is 7.81. The molecule has 0 aromatic heterocycles. The van der Waals surface area contributed by atoms with Gasteiger partial charge in [-0.05, 0) is 73.3 Å². The summed E-state index contributed by atoms with van der Waals surface area (Å²) in [6, 6.07) is 12.8. The van der Waals surface area contributed by atoms with Crippen molar-refractivity contribution in [2.75, 3.05) is 0 Å². The SMILES string of the molecule is CCc1ccc(Cc2c(Cl)ccc3c2COC32OC(C)CC(O)C2C2CCC2)cc1. The van der Waals surface area contributed by atoms with Crippen molar-refractivity contribution < 1.29 is 14.6 Å². The summed E-state index contributed by atoms with van der Waals surface area (Å²) >= 11 is 6.69. The third kappa shape index (κ3) is 3.31. The zero-order chi connectivity index (χ0) is 20.9. The van der Waals surface area contributed by atoms with Crippen LogP contribution >= 0.6 is 11.6 Å². The molecular weight excluding hydrogens is 396 g/mol. The first-order valence-electron chi connectivity index (χ1n) is 11.4. The molecule has 1 saturated heterocycles. The number of aliphatic hydroxyl groups excluding tert-OH is 1. The van der Waals surface area contributed by atoms with Crippen LogP contribution in [0.3, 0.4) is 0 Å². The smallest absolute Gasteiger partial charge is 0.201 e. The number of aryl methyl sites for hydroxylation is 1. The van der Waals surface area contributed by atoms with Gasteiger partial charge in [0.2, 0.25) is 5.79 Å². The Balaban J connectivity index is 1.54. The lowest BCUT2D eigenvalue weighted by atomic mass is 9.66. The van der Waals surface area contributed by atoms with Crippen molar-refractivity contribution >= 4 is 11.6 Å². The highest BCUT2D eigenvalue weighted by Crippen LogP contribution is 2.56. The Morgan fingerprint density at radius 3 is 2.50 bits per heavy atom. The lowest BCUT2D eigenvalue weighted by Gasteiger charge is -2.51. The summed E-state index contributed by atoms with van der Waals surface area (Å²) in [5, 5.41) is 11.8. The summed E-state index contributed by atoms with van der Waals surface area (Å²) in [5.41, 5.74) is 5.94. The van der Waals surface area contributed by atoms with Gasteiger partial charge in [-0.25, -0.2) is 0 Å². The van der Waals surface area contributed by atoms with E-state index < -0.39 is 11.9 Å². The fourth-order valence-corrected chi connectivity index (χ4v) is 5.91. The van der Waals surface area contributed by atoms with Crippen molar-refractivity contribution in [3.63, 3.8) is 0 Å². The molecule has 2 aromatic carbocycles. The molecule has 4 heteroatoms. The van der Waals surface area contributed by atoms with E-state index in [4.69, 9.17) is 21.1 Å². The van der Waals surface area contributed by atoms with Crippen LogP contribution in [0.1, 0.15) is 67.3 Å². The molecule has 30 heavy (non-hydrogen) atoms. The summed E-state index contributed by atoms with van der Waals surface area (Å²) in [6.07, 6.45) is 5.57. The number of fused-ring (bicyclic) bond motifs is 2. The van der Waals surface area contributed by atoms with Crippen LogP contribution in [-0.2, 0) is 34.7 Å². The molecule has 5 rings (SSSR count). The van der Waals surface area contributed by atoms with Gasteiger partial charge in [-0.2, -0.15) is 0 Å². The van der Waals surface area contributed by atoms with Crippen LogP contribution < -0.4 is 0 Å². The minimum atomic E-state index is -0.844. The summed E-state index contributed by atoms with van der Waals surface area (Å²) in [7, 11) is 0. The number of aliphatic hydroxyl groups is 1. The maximum atomic E-state index is 11.0. The van der Waals surface area contributed by atoms with E-state index in [0.717, 1.165) is 47.4 Å². The molecule has 1 N–H and O–H groups in total. The van der Waals surface area contributed by atoms with Crippen LogP contribution in [0.4, 0.5) is 0 Å². The molecule has 0 bridgehead atoms. The van der Waals surface area contributed by atoms with E-state index in [9.17, 15) is 5.11 Å². The Morgan fingerprint density at radius 2 is 1.83 bits per heavy atom. The second-order valence-electron chi connectivity index (χ2n) is 9.30. The molecule has 3 nitrogen and oxygen atoms in total. The first kappa shape index (κ1) is 20.5. The number of halogens is 1. The maximum absolute atomic E-state index is 11.0. The van der Waals surface area contributed by atoms with Crippen LogP contribution in [0.5, 0.6) is 0 Å². The predicted octanol–water partition coefficient (Wildman–Crippen LogP) is 5.76. The first-order valence-corrected chi connectivity index (χ1v) is 11.8. The predicted molar refractivity (Wildman–Crippen MR) is 119 cm³/mol. The van der Waals surface area contributed by atoms with E-state index in [1.165, 1.54) is 17.5 Å². The summed E-state index contributed by atoms with van der Waals surface area (Å²) in [6.45, 7) is 4.70. The van der Waals surface area contributed by atoms with Gasteiger partial charge in [0.25, 0.3) is 0 Å². The summed E-state index contributed by atoms with van der Waals surface area (Å²) < 4.78 is 13.0. The van der Waals surface area contributed by atoms with Gasteiger partial charge < -0.3 is 14.6 Å². The van der Waals surface area contributed by atoms with E-state index in [1.54, 1.807) is 0 Å². The van der Waals surface area contributed by atoms with Gasteiger partial charge in [0.15, 0.2) is 0 Å². The van der Waals surface area contributed by atoms with Gasteiger partial charge >= 0.3 is 0 Å². The molecule has 0 amide bonds. The van der Waals surface area contributed by atoms with Crippen molar-refractivity contribution in [2.45, 2.75) is 77.0 Å². The maximum Gasteiger partial charge on any atom is 0.201 e. The van der Waals surface area contributed by atoms with Crippen molar-refractivity contribution in [3.8, 4) is 0 Å².